The van der Waals surface area contributed by atoms with Gasteiger partial charge in [0.15, 0.2) is 11.2 Å². The Labute approximate surface area is 145 Å². The van der Waals surface area contributed by atoms with Crippen LogP contribution in [0, 0.1) is 5.92 Å². The topological polar surface area (TPSA) is 133 Å². The van der Waals surface area contributed by atoms with E-state index in [0.29, 0.717) is 0 Å². The average Bonchev–Trinajstić information content (AvgIpc) is 3.10. The Bertz CT molecular complexity index is 853. The fraction of sp³-hybridized carbons (Fsp3) is 0.571. The van der Waals surface area contributed by atoms with Gasteiger partial charge in [-0.15, -0.1) is 11.8 Å². The van der Waals surface area contributed by atoms with Gasteiger partial charge >= 0.3 is 0 Å². The third-order valence-corrected chi connectivity index (χ3v) is 5.48. The Balaban J connectivity index is 2.01. The minimum absolute atomic E-state index is 0.0122. The predicted molar refractivity (Wildman–Crippen MR) is 90.0 cm³/mol. The Hall–Kier alpha value is -1.98. The number of rotatable bonds is 4. The molecule has 1 aliphatic heterocycles. The number of aromatic amines is 1. The van der Waals surface area contributed by atoms with Crippen LogP contribution in [0.3, 0.4) is 0 Å². The summed E-state index contributed by atoms with van der Waals surface area (Å²) in [6.07, 6.45) is -1.71. The van der Waals surface area contributed by atoms with E-state index in [2.05, 4.69) is 20.3 Å². The van der Waals surface area contributed by atoms with Crippen molar-refractivity contribution >= 4 is 34.8 Å². The van der Waals surface area contributed by atoms with Crippen molar-refractivity contribution in [2.24, 2.45) is 5.92 Å². The van der Waals surface area contributed by atoms with Crippen LogP contribution in [-0.2, 0) is 4.79 Å². The second-order valence-electron chi connectivity index (χ2n) is 6.07. The van der Waals surface area contributed by atoms with Crippen molar-refractivity contribution in [2.45, 2.75) is 36.7 Å². The van der Waals surface area contributed by atoms with Crippen molar-refractivity contribution in [3.63, 3.8) is 0 Å². The van der Waals surface area contributed by atoms with Crippen LogP contribution in [-0.4, -0.2) is 59.8 Å². The molecule has 9 nitrogen and oxygen atoms in total. The minimum Gasteiger partial charge on any atom is -0.395 e. The number of aromatic nitrogens is 4. The van der Waals surface area contributed by atoms with E-state index in [1.165, 1.54) is 10.9 Å². The second-order valence-corrected chi connectivity index (χ2v) is 7.43. The predicted octanol–water partition coefficient (Wildman–Crippen LogP) is 0.0194. The van der Waals surface area contributed by atoms with E-state index in [-0.39, 0.29) is 28.9 Å². The lowest BCUT2D eigenvalue weighted by Gasteiger charge is -2.16. The number of H-pyrrole nitrogens is 1. The molecule has 1 amide bonds. The van der Waals surface area contributed by atoms with Gasteiger partial charge in [0.1, 0.15) is 17.6 Å². The lowest BCUT2D eigenvalue weighted by Crippen LogP contribution is -2.29. The first-order valence-electron chi connectivity index (χ1n) is 7.69. The van der Waals surface area contributed by atoms with E-state index in [1.807, 2.05) is 0 Å². The number of aliphatic hydroxyl groups is 2. The minimum atomic E-state index is -1.61. The van der Waals surface area contributed by atoms with Crippen LogP contribution in [0.25, 0.3) is 11.2 Å². The number of carbonyl (C=O) groups excluding carboxylic acids is 1. The van der Waals surface area contributed by atoms with Gasteiger partial charge in [0.25, 0.3) is 5.56 Å². The number of halogens is 1. The molecular formula is C14H18FN5O4S. The summed E-state index contributed by atoms with van der Waals surface area (Å²) in [5.74, 6) is -0.685. The molecule has 1 fully saturated rings. The quantitative estimate of drug-likeness (QED) is 0.595. The molecule has 2 aromatic rings. The molecule has 0 bridgehead atoms. The van der Waals surface area contributed by atoms with E-state index in [9.17, 15) is 24.2 Å². The highest BCUT2D eigenvalue weighted by molar-refractivity contribution is 8.00. The molecule has 25 heavy (non-hydrogen) atoms. The molecule has 1 aliphatic rings. The van der Waals surface area contributed by atoms with Gasteiger partial charge in [-0.1, -0.05) is 13.8 Å². The normalized spacial score (nSPS) is 26.5. The van der Waals surface area contributed by atoms with Crippen LogP contribution in [0.1, 0.15) is 19.2 Å². The molecule has 4 atom stereocenters. The maximum absolute atomic E-state index is 14.0. The third-order valence-electron chi connectivity index (χ3n) is 3.94. The van der Waals surface area contributed by atoms with E-state index < -0.39 is 35.1 Å². The number of hydrogen-bond acceptors (Lipinski definition) is 7. The molecule has 0 unspecified atom stereocenters. The molecular weight excluding hydrogens is 353 g/mol. The molecule has 0 radical (unpaired) electrons. The summed E-state index contributed by atoms with van der Waals surface area (Å²) in [6.45, 7) is 2.96. The zero-order chi connectivity index (χ0) is 18.3. The highest BCUT2D eigenvalue weighted by atomic mass is 32.2. The summed E-state index contributed by atoms with van der Waals surface area (Å²) in [5, 5.41) is 20.2. The summed E-state index contributed by atoms with van der Waals surface area (Å²) in [4.78, 5) is 34.5. The fourth-order valence-electron chi connectivity index (χ4n) is 2.52. The number of amides is 1. The number of alkyl halides is 1. The number of fused-ring (bicyclic) bond motifs is 1. The number of carbonyl (C=O) groups is 1. The number of nitrogens with zero attached hydrogens (tertiary/aromatic N) is 3. The fourth-order valence-corrected chi connectivity index (χ4v) is 3.87. The molecule has 3 heterocycles. The lowest BCUT2D eigenvalue weighted by atomic mass is 10.1. The lowest BCUT2D eigenvalue weighted by molar-refractivity contribution is -0.118. The van der Waals surface area contributed by atoms with Crippen LogP contribution >= 0.6 is 11.8 Å². The van der Waals surface area contributed by atoms with Crippen molar-refractivity contribution in [1.29, 1.82) is 0 Å². The molecule has 1 saturated heterocycles. The summed E-state index contributed by atoms with van der Waals surface area (Å²) in [5.41, 5.74) is -0.431. The Morgan fingerprint density at radius 3 is 2.88 bits per heavy atom. The number of nitrogens with one attached hydrogen (secondary N) is 2. The zero-order valence-electron chi connectivity index (χ0n) is 13.5. The van der Waals surface area contributed by atoms with Crippen LogP contribution < -0.4 is 10.9 Å². The Morgan fingerprint density at radius 2 is 2.28 bits per heavy atom. The molecule has 0 aliphatic carbocycles. The number of anilines is 1. The van der Waals surface area contributed by atoms with Gasteiger partial charge in [-0.25, -0.2) is 9.37 Å². The largest absolute Gasteiger partial charge is 0.395 e. The van der Waals surface area contributed by atoms with E-state index in [4.69, 9.17) is 0 Å². The molecule has 11 heteroatoms. The number of hydrogen-bond donors (Lipinski definition) is 4. The standard InChI is InChI=1S/C14H18FN5O4S/c1-5(2)11(23)18-14-17-10-8(12(24)19-14)16-4-20(10)13-9(22)7(15)6(3-21)25-13/h4-7,9,13,21-22H,3H2,1-2H3,(H2,17,18,19,23,24)/t6-,7+,9-,13-/m1/s1. The van der Waals surface area contributed by atoms with Crippen molar-refractivity contribution in [3.05, 3.63) is 16.7 Å². The van der Waals surface area contributed by atoms with Gasteiger partial charge < -0.3 is 10.2 Å². The molecule has 136 valence electrons. The molecule has 0 aromatic carbocycles. The van der Waals surface area contributed by atoms with Crippen LogP contribution in [0.5, 0.6) is 0 Å². The van der Waals surface area contributed by atoms with Gasteiger partial charge in [-0.2, -0.15) is 4.98 Å². The van der Waals surface area contributed by atoms with Crippen LogP contribution in [0.2, 0.25) is 0 Å². The number of imidazole rings is 1. The van der Waals surface area contributed by atoms with Gasteiger partial charge in [0.05, 0.1) is 18.2 Å². The molecule has 2 aromatic heterocycles. The van der Waals surface area contributed by atoms with Gasteiger partial charge in [-0.3, -0.25) is 24.5 Å². The number of thioether (sulfide) groups is 1. The summed E-state index contributed by atoms with van der Waals surface area (Å²) >= 11 is 1.04. The van der Waals surface area contributed by atoms with Gasteiger partial charge in [0.2, 0.25) is 11.9 Å². The maximum Gasteiger partial charge on any atom is 0.280 e. The molecule has 3 rings (SSSR count). The van der Waals surface area contributed by atoms with Gasteiger partial charge in [0, 0.05) is 5.92 Å². The van der Waals surface area contributed by atoms with Crippen molar-refractivity contribution in [3.8, 4) is 0 Å². The van der Waals surface area contributed by atoms with Crippen molar-refractivity contribution < 1.29 is 19.4 Å². The average molecular weight is 371 g/mol. The summed E-state index contributed by atoms with van der Waals surface area (Å²) in [7, 11) is 0. The summed E-state index contributed by atoms with van der Waals surface area (Å²) in [6, 6.07) is 0. The first-order valence-corrected chi connectivity index (χ1v) is 8.64. The third kappa shape index (κ3) is 3.14. The van der Waals surface area contributed by atoms with Crippen LogP contribution in [0.4, 0.5) is 10.3 Å². The Kier molecular flexibility index (Phi) is 4.80. The molecule has 0 saturated carbocycles. The Morgan fingerprint density at radius 1 is 1.56 bits per heavy atom. The first kappa shape index (κ1) is 17.8. The second kappa shape index (κ2) is 6.73. The van der Waals surface area contributed by atoms with Crippen molar-refractivity contribution in [2.75, 3.05) is 11.9 Å². The molecule has 0 spiro atoms. The maximum atomic E-state index is 14.0. The SMILES string of the molecule is CC(C)C(=O)Nc1nc2c(ncn2[C@@H]2S[C@H](CO)[C@H](F)[C@H]2O)c(=O)[nH]1. The van der Waals surface area contributed by atoms with E-state index in [1.54, 1.807) is 13.8 Å². The molecule has 4 N–H and O–H groups in total. The zero-order valence-corrected chi connectivity index (χ0v) is 14.3. The highest BCUT2D eigenvalue weighted by Crippen LogP contribution is 2.43. The highest BCUT2D eigenvalue weighted by Gasteiger charge is 2.45. The monoisotopic (exact) mass is 371 g/mol. The first-order chi connectivity index (χ1) is 11.8. The summed E-state index contributed by atoms with van der Waals surface area (Å²) < 4.78 is 15.4. The van der Waals surface area contributed by atoms with E-state index >= 15 is 0 Å². The van der Waals surface area contributed by atoms with E-state index in [0.717, 1.165) is 11.8 Å². The smallest absolute Gasteiger partial charge is 0.280 e. The van der Waals surface area contributed by atoms with Gasteiger partial charge in [-0.05, 0) is 0 Å². The number of aliphatic hydroxyl groups excluding tert-OH is 2. The van der Waals surface area contributed by atoms with Crippen molar-refractivity contribution in [1.82, 2.24) is 19.5 Å². The van der Waals surface area contributed by atoms with Crippen LogP contribution in [0.15, 0.2) is 11.1 Å².